The molecular formula is C14H17NO4. The molecule has 5 nitrogen and oxygen atoms in total. The molecule has 3 N–H and O–H groups in total. The topological polar surface area (TPSA) is 81.0 Å². The summed E-state index contributed by atoms with van der Waals surface area (Å²) in [6, 6.07) is 4.38. The van der Waals surface area contributed by atoms with Gasteiger partial charge in [-0.15, -0.1) is 0 Å². The molecule has 3 atom stereocenters. The highest BCUT2D eigenvalue weighted by atomic mass is 16.3. The van der Waals surface area contributed by atoms with Crippen LogP contribution in [0.15, 0.2) is 18.2 Å². The van der Waals surface area contributed by atoms with Gasteiger partial charge in [-0.05, 0) is 30.9 Å². The summed E-state index contributed by atoms with van der Waals surface area (Å²) in [4.78, 5) is 14.0. The fourth-order valence-corrected chi connectivity index (χ4v) is 3.28. The third kappa shape index (κ3) is 1.94. The highest BCUT2D eigenvalue weighted by Crippen LogP contribution is 2.39. The summed E-state index contributed by atoms with van der Waals surface area (Å²) in [6.45, 7) is 1.15. The van der Waals surface area contributed by atoms with Crippen molar-refractivity contribution in [1.29, 1.82) is 0 Å². The lowest BCUT2D eigenvalue weighted by molar-refractivity contribution is 0.0749. The normalized spacial score (nSPS) is 29.5. The van der Waals surface area contributed by atoms with Crippen molar-refractivity contribution < 1.29 is 20.1 Å². The molecule has 102 valence electrons. The molecule has 5 heteroatoms. The third-order valence-corrected chi connectivity index (χ3v) is 4.35. The molecular weight excluding hydrogens is 246 g/mol. The molecule has 0 radical (unpaired) electrons. The number of nitrogens with zero attached hydrogens (tertiary/aromatic N) is 1. The van der Waals surface area contributed by atoms with Crippen molar-refractivity contribution in [3.05, 3.63) is 23.8 Å². The Labute approximate surface area is 111 Å². The first-order valence-electron chi connectivity index (χ1n) is 6.56. The summed E-state index contributed by atoms with van der Waals surface area (Å²) in [6.07, 6.45) is 1.44. The fraction of sp³-hybridized carbons (Fsp3) is 0.500. The Balaban J connectivity index is 1.81. The molecule has 1 amide bonds. The Morgan fingerprint density at radius 1 is 1.21 bits per heavy atom. The number of rotatable bonds is 1. The van der Waals surface area contributed by atoms with Crippen molar-refractivity contribution in [2.24, 2.45) is 11.8 Å². The number of phenolic OH excluding ortho intramolecular Hbond substituents is 2. The Kier molecular flexibility index (Phi) is 2.86. The van der Waals surface area contributed by atoms with Crippen molar-refractivity contribution in [3.8, 4) is 11.5 Å². The van der Waals surface area contributed by atoms with Crippen molar-refractivity contribution >= 4 is 5.91 Å². The lowest BCUT2D eigenvalue weighted by atomic mass is 10.00. The predicted molar refractivity (Wildman–Crippen MR) is 67.9 cm³/mol. The second-order valence-corrected chi connectivity index (χ2v) is 5.45. The van der Waals surface area contributed by atoms with Crippen molar-refractivity contribution in [2.75, 3.05) is 13.1 Å². The van der Waals surface area contributed by atoms with E-state index in [1.54, 1.807) is 4.90 Å². The first-order chi connectivity index (χ1) is 9.08. The molecule has 1 aliphatic carbocycles. The SMILES string of the molecule is O=C(c1cccc(O)c1O)N1CC2CCC(O)C2C1. The maximum Gasteiger partial charge on any atom is 0.257 e. The Morgan fingerprint density at radius 3 is 2.74 bits per heavy atom. The molecule has 1 heterocycles. The lowest BCUT2D eigenvalue weighted by Crippen LogP contribution is -2.31. The average Bonchev–Trinajstić information content (AvgIpc) is 2.95. The standard InChI is InChI=1S/C14H17NO4/c16-11-5-4-8-6-15(7-10(8)11)14(19)9-2-1-3-12(17)13(9)18/h1-3,8,10-11,16-18H,4-7H2. The van der Waals surface area contributed by atoms with E-state index in [0.29, 0.717) is 19.0 Å². The number of likely N-dealkylation sites (tertiary alicyclic amines) is 1. The summed E-state index contributed by atoms with van der Waals surface area (Å²) >= 11 is 0. The van der Waals surface area contributed by atoms with E-state index >= 15 is 0 Å². The van der Waals surface area contributed by atoms with Gasteiger partial charge in [0.2, 0.25) is 0 Å². The van der Waals surface area contributed by atoms with E-state index in [9.17, 15) is 20.1 Å². The van der Waals surface area contributed by atoms with Gasteiger partial charge < -0.3 is 20.2 Å². The second-order valence-electron chi connectivity index (χ2n) is 5.45. The zero-order valence-electron chi connectivity index (χ0n) is 10.5. The van der Waals surface area contributed by atoms with Gasteiger partial charge in [0.15, 0.2) is 11.5 Å². The highest BCUT2D eigenvalue weighted by molar-refractivity contribution is 5.97. The molecule has 19 heavy (non-hydrogen) atoms. The molecule has 3 rings (SSSR count). The largest absolute Gasteiger partial charge is 0.504 e. The van der Waals surface area contributed by atoms with Crippen LogP contribution >= 0.6 is 0 Å². The van der Waals surface area contributed by atoms with Gasteiger partial charge in [-0.1, -0.05) is 6.07 Å². The van der Waals surface area contributed by atoms with Gasteiger partial charge in [0.1, 0.15) is 0 Å². The van der Waals surface area contributed by atoms with Crippen LogP contribution in [0.4, 0.5) is 0 Å². The first-order valence-corrected chi connectivity index (χ1v) is 6.56. The number of hydrogen-bond donors (Lipinski definition) is 3. The fourth-order valence-electron chi connectivity index (χ4n) is 3.28. The molecule has 2 fully saturated rings. The van der Waals surface area contributed by atoms with Crippen LogP contribution in [0.25, 0.3) is 0 Å². The summed E-state index contributed by atoms with van der Waals surface area (Å²) in [7, 11) is 0. The van der Waals surface area contributed by atoms with Gasteiger partial charge in [0.05, 0.1) is 11.7 Å². The number of phenols is 2. The number of aliphatic hydroxyl groups excluding tert-OH is 1. The molecule has 1 aliphatic heterocycles. The van der Waals surface area contributed by atoms with E-state index in [1.807, 2.05) is 0 Å². The second kappa shape index (κ2) is 4.42. The van der Waals surface area contributed by atoms with Gasteiger partial charge in [-0.3, -0.25) is 4.79 Å². The van der Waals surface area contributed by atoms with E-state index < -0.39 is 0 Å². The van der Waals surface area contributed by atoms with E-state index in [2.05, 4.69) is 0 Å². The zero-order chi connectivity index (χ0) is 13.6. The molecule has 2 aliphatic rings. The minimum atomic E-state index is -0.370. The van der Waals surface area contributed by atoms with Gasteiger partial charge in [0, 0.05) is 19.0 Å². The van der Waals surface area contributed by atoms with Crippen LogP contribution in [-0.4, -0.2) is 45.3 Å². The average molecular weight is 263 g/mol. The van der Waals surface area contributed by atoms with Gasteiger partial charge in [0.25, 0.3) is 5.91 Å². The number of fused-ring (bicyclic) bond motifs is 1. The number of hydrogen-bond acceptors (Lipinski definition) is 4. The van der Waals surface area contributed by atoms with Crippen LogP contribution in [0.1, 0.15) is 23.2 Å². The molecule has 1 saturated heterocycles. The van der Waals surface area contributed by atoms with E-state index in [-0.39, 0.29) is 35.0 Å². The number of aliphatic hydroxyl groups is 1. The summed E-state index contributed by atoms with van der Waals surface area (Å²) < 4.78 is 0. The molecule has 0 bridgehead atoms. The quantitative estimate of drug-likeness (QED) is 0.659. The van der Waals surface area contributed by atoms with Crippen LogP contribution in [-0.2, 0) is 0 Å². The zero-order valence-corrected chi connectivity index (χ0v) is 10.5. The smallest absolute Gasteiger partial charge is 0.257 e. The minimum absolute atomic E-state index is 0.120. The maximum absolute atomic E-state index is 12.3. The first kappa shape index (κ1) is 12.3. The van der Waals surface area contributed by atoms with Crippen molar-refractivity contribution in [3.63, 3.8) is 0 Å². The summed E-state index contributed by atoms with van der Waals surface area (Å²) in [5.74, 6) is -0.424. The number of carbonyl (C=O) groups excluding carboxylic acids is 1. The number of amides is 1. The number of carbonyl (C=O) groups is 1. The van der Waals surface area contributed by atoms with Crippen molar-refractivity contribution in [1.82, 2.24) is 4.90 Å². The summed E-state index contributed by atoms with van der Waals surface area (Å²) in [5, 5.41) is 29.0. The monoisotopic (exact) mass is 263 g/mol. The van der Waals surface area contributed by atoms with Gasteiger partial charge in [-0.25, -0.2) is 0 Å². The third-order valence-electron chi connectivity index (χ3n) is 4.35. The predicted octanol–water partition coefficient (Wildman–Crippen LogP) is 0.941. The van der Waals surface area contributed by atoms with E-state index in [1.165, 1.54) is 18.2 Å². The van der Waals surface area contributed by atoms with Crippen LogP contribution < -0.4 is 0 Å². The van der Waals surface area contributed by atoms with Gasteiger partial charge in [-0.2, -0.15) is 0 Å². The number of benzene rings is 1. The van der Waals surface area contributed by atoms with Crippen molar-refractivity contribution in [2.45, 2.75) is 18.9 Å². The molecule has 0 aromatic heterocycles. The lowest BCUT2D eigenvalue weighted by Gasteiger charge is -2.19. The molecule has 1 aromatic rings. The minimum Gasteiger partial charge on any atom is -0.504 e. The maximum atomic E-state index is 12.3. The van der Waals surface area contributed by atoms with E-state index in [0.717, 1.165) is 12.8 Å². The molecule has 0 spiro atoms. The van der Waals surface area contributed by atoms with Gasteiger partial charge >= 0.3 is 0 Å². The molecule has 1 aromatic carbocycles. The van der Waals surface area contributed by atoms with E-state index in [4.69, 9.17) is 0 Å². The Hall–Kier alpha value is -1.75. The number of para-hydroxylation sites is 1. The highest BCUT2D eigenvalue weighted by Gasteiger charge is 2.43. The van der Waals surface area contributed by atoms with Crippen LogP contribution in [0.3, 0.4) is 0 Å². The Bertz CT molecular complexity index is 516. The summed E-state index contributed by atoms with van der Waals surface area (Å²) in [5.41, 5.74) is 0.120. The molecule has 3 unspecified atom stereocenters. The van der Waals surface area contributed by atoms with Crippen LogP contribution in [0.2, 0.25) is 0 Å². The Morgan fingerprint density at radius 2 is 2.00 bits per heavy atom. The van der Waals surface area contributed by atoms with Crippen LogP contribution in [0.5, 0.6) is 11.5 Å². The number of aromatic hydroxyl groups is 2. The van der Waals surface area contributed by atoms with Crippen LogP contribution in [0, 0.1) is 11.8 Å². The molecule has 1 saturated carbocycles.